The summed E-state index contributed by atoms with van der Waals surface area (Å²) in [6.45, 7) is 0.328. The van der Waals surface area contributed by atoms with Gasteiger partial charge in [0.05, 0.1) is 23.7 Å². The van der Waals surface area contributed by atoms with Gasteiger partial charge in [-0.25, -0.2) is 5.06 Å². The van der Waals surface area contributed by atoms with Crippen LogP contribution in [0.4, 0.5) is 5.69 Å². The Balaban J connectivity index is 2.17. The smallest absolute Gasteiger partial charge is 0.251 e. The van der Waals surface area contributed by atoms with Crippen LogP contribution in [-0.4, -0.2) is 37.6 Å². The molecule has 1 atom stereocenters. The average molecular weight is 283 g/mol. The van der Waals surface area contributed by atoms with Gasteiger partial charge in [-0.2, -0.15) is 0 Å². The molecule has 0 radical (unpaired) electrons. The number of para-hydroxylation sites is 1. The molecule has 102 valence electrons. The molecule has 1 saturated heterocycles. The monoisotopic (exact) mass is 282 g/mol. The number of halogens is 1. The van der Waals surface area contributed by atoms with Gasteiger partial charge in [-0.05, 0) is 12.1 Å². The Labute approximate surface area is 116 Å². The van der Waals surface area contributed by atoms with E-state index < -0.39 is 5.92 Å². The zero-order valence-corrected chi connectivity index (χ0v) is 11.6. The number of rotatable bonds is 3. The number of anilines is 1. The topological polar surface area (TPSA) is 49.9 Å². The summed E-state index contributed by atoms with van der Waals surface area (Å²) in [6, 6.07) is 7.10. The molecule has 1 aliphatic heterocycles. The van der Waals surface area contributed by atoms with Crippen LogP contribution < -0.4 is 4.90 Å². The molecule has 2 amide bonds. The molecular formula is C13H15ClN2O3. The number of benzene rings is 1. The Kier molecular flexibility index (Phi) is 4.07. The highest BCUT2D eigenvalue weighted by Gasteiger charge is 2.37. The van der Waals surface area contributed by atoms with Crippen LogP contribution >= 0.6 is 11.6 Å². The van der Waals surface area contributed by atoms with Crippen molar-refractivity contribution in [3.05, 3.63) is 29.3 Å². The maximum Gasteiger partial charge on any atom is 0.251 e. The summed E-state index contributed by atoms with van der Waals surface area (Å²) in [5.74, 6) is -0.699. The first-order valence-electron chi connectivity index (χ1n) is 5.91. The first-order valence-corrected chi connectivity index (χ1v) is 6.29. The molecule has 0 N–H and O–H groups in total. The highest BCUT2D eigenvalue weighted by molar-refractivity contribution is 6.33. The van der Waals surface area contributed by atoms with Crippen LogP contribution in [0, 0.1) is 5.92 Å². The zero-order chi connectivity index (χ0) is 14.0. The molecule has 1 heterocycles. The summed E-state index contributed by atoms with van der Waals surface area (Å²) in [6.07, 6.45) is 0.178. The van der Waals surface area contributed by atoms with Gasteiger partial charge in [0.1, 0.15) is 0 Å². The highest BCUT2D eigenvalue weighted by Crippen LogP contribution is 2.31. The summed E-state index contributed by atoms with van der Waals surface area (Å²) in [5.41, 5.74) is 0.643. The van der Waals surface area contributed by atoms with Gasteiger partial charge in [-0.3, -0.25) is 14.4 Å². The zero-order valence-electron chi connectivity index (χ0n) is 10.8. The lowest BCUT2D eigenvalue weighted by Crippen LogP contribution is -2.34. The molecule has 5 nitrogen and oxygen atoms in total. The van der Waals surface area contributed by atoms with Crippen molar-refractivity contribution in [3.63, 3.8) is 0 Å². The van der Waals surface area contributed by atoms with Crippen LogP contribution in [-0.2, 0) is 14.4 Å². The normalized spacial score (nSPS) is 18.8. The molecule has 1 aliphatic rings. The molecule has 1 aromatic rings. The van der Waals surface area contributed by atoms with Crippen molar-refractivity contribution in [3.8, 4) is 0 Å². The highest BCUT2D eigenvalue weighted by atomic mass is 35.5. The molecule has 1 aromatic carbocycles. The molecule has 0 spiro atoms. The second-order valence-corrected chi connectivity index (χ2v) is 4.78. The molecule has 0 aromatic heterocycles. The van der Waals surface area contributed by atoms with Gasteiger partial charge < -0.3 is 4.90 Å². The van der Waals surface area contributed by atoms with E-state index in [4.69, 9.17) is 16.4 Å². The van der Waals surface area contributed by atoms with Crippen molar-refractivity contribution in [1.29, 1.82) is 0 Å². The van der Waals surface area contributed by atoms with Crippen molar-refractivity contribution in [2.75, 3.05) is 25.6 Å². The van der Waals surface area contributed by atoms with Gasteiger partial charge in [0.25, 0.3) is 5.91 Å². The lowest BCUT2D eigenvalue weighted by Gasteiger charge is -2.20. The van der Waals surface area contributed by atoms with Crippen LogP contribution in [0.1, 0.15) is 6.42 Å². The third-order valence-corrected chi connectivity index (χ3v) is 3.52. The standard InChI is InChI=1S/C13H15ClN2O3/c1-15(19-2)13(18)9-7-12(17)16(8-9)11-6-4-3-5-10(11)14/h3-6,9H,7-8H2,1-2H3. The molecule has 6 heteroatoms. The van der Waals surface area contributed by atoms with Crippen LogP contribution in [0.15, 0.2) is 24.3 Å². The quantitative estimate of drug-likeness (QED) is 0.793. The fourth-order valence-corrected chi connectivity index (χ4v) is 2.36. The average Bonchev–Trinajstić information content (AvgIpc) is 2.79. The van der Waals surface area contributed by atoms with Gasteiger partial charge >= 0.3 is 0 Å². The van der Waals surface area contributed by atoms with Gasteiger partial charge in [-0.15, -0.1) is 0 Å². The van der Waals surface area contributed by atoms with E-state index in [1.807, 2.05) is 6.07 Å². The Hall–Kier alpha value is -1.59. The minimum Gasteiger partial charge on any atom is -0.310 e. The third kappa shape index (κ3) is 2.72. The minimum atomic E-state index is -0.395. The molecular weight excluding hydrogens is 268 g/mol. The molecule has 1 unspecified atom stereocenters. The number of nitrogens with zero attached hydrogens (tertiary/aromatic N) is 2. The fourth-order valence-electron chi connectivity index (χ4n) is 2.12. The number of hydrogen-bond acceptors (Lipinski definition) is 3. The van der Waals surface area contributed by atoms with Crippen LogP contribution in [0.5, 0.6) is 0 Å². The van der Waals surface area contributed by atoms with Gasteiger partial charge in [0.2, 0.25) is 5.91 Å². The lowest BCUT2D eigenvalue weighted by molar-refractivity contribution is -0.172. The molecule has 1 fully saturated rings. The predicted molar refractivity (Wildman–Crippen MR) is 71.7 cm³/mol. The van der Waals surface area contributed by atoms with Crippen molar-refractivity contribution in [1.82, 2.24) is 5.06 Å². The van der Waals surface area contributed by atoms with Crippen molar-refractivity contribution in [2.24, 2.45) is 5.92 Å². The summed E-state index contributed by atoms with van der Waals surface area (Å²) in [4.78, 5) is 30.4. The summed E-state index contributed by atoms with van der Waals surface area (Å²) in [7, 11) is 2.95. The molecule has 0 aliphatic carbocycles. The maximum atomic E-state index is 12.0. The Morgan fingerprint density at radius 2 is 2.16 bits per heavy atom. The number of carbonyl (C=O) groups is 2. The molecule has 2 rings (SSSR count). The van der Waals surface area contributed by atoms with Crippen LogP contribution in [0.2, 0.25) is 5.02 Å². The first kappa shape index (κ1) is 13.8. The largest absolute Gasteiger partial charge is 0.310 e. The Morgan fingerprint density at radius 1 is 1.47 bits per heavy atom. The van der Waals surface area contributed by atoms with E-state index >= 15 is 0 Å². The molecule has 19 heavy (non-hydrogen) atoms. The van der Waals surface area contributed by atoms with Crippen LogP contribution in [0.3, 0.4) is 0 Å². The fraction of sp³-hybridized carbons (Fsp3) is 0.385. The van der Waals surface area contributed by atoms with Crippen molar-refractivity contribution >= 4 is 29.1 Å². The maximum absolute atomic E-state index is 12.0. The molecule has 0 bridgehead atoms. The van der Waals surface area contributed by atoms with E-state index in [9.17, 15) is 9.59 Å². The number of carbonyl (C=O) groups excluding carboxylic acids is 2. The summed E-state index contributed by atoms with van der Waals surface area (Å²) >= 11 is 6.07. The Morgan fingerprint density at radius 3 is 2.79 bits per heavy atom. The number of hydroxylamine groups is 2. The van der Waals surface area contributed by atoms with E-state index in [2.05, 4.69) is 0 Å². The lowest BCUT2D eigenvalue weighted by atomic mass is 10.1. The van der Waals surface area contributed by atoms with Gasteiger partial charge in [0.15, 0.2) is 0 Å². The van der Waals surface area contributed by atoms with E-state index in [-0.39, 0.29) is 18.2 Å². The van der Waals surface area contributed by atoms with Crippen LogP contribution in [0.25, 0.3) is 0 Å². The number of hydrogen-bond donors (Lipinski definition) is 0. The SMILES string of the molecule is CON(C)C(=O)C1CC(=O)N(c2ccccc2Cl)C1. The van der Waals surface area contributed by atoms with Gasteiger partial charge in [-0.1, -0.05) is 23.7 Å². The van der Waals surface area contributed by atoms with E-state index in [0.717, 1.165) is 5.06 Å². The second kappa shape index (κ2) is 5.59. The number of amides is 2. The summed E-state index contributed by atoms with van der Waals surface area (Å²) in [5, 5.41) is 1.65. The predicted octanol–water partition coefficient (Wildman–Crippen LogP) is 1.71. The minimum absolute atomic E-state index is 0.101. The summed E-state index contributed by atoms with van der Waals surface area (Å²) < 4.78 is 0. The first-order chi connectivity index (χ1) is 9.04. The molecule has 0 saturated carbocycles. The van der Waals surface area contributed by atoms with E-state index in [1.54, 1.807) is 23.1 Å². The third-order valence-electron chi connectivity index (χ3n) is 3.20. The second-order valence-electron chi connectivity index (χ2n) is 4.38. The van der Waals surface area contributed by atoms with Crippen molar-refractivity contribution < 1.29 is 14.4 Å². The van der Waals surface area contributed by atoms with Gasteiger partial charge in [0, 0.05) is 20.0 Å². The Bertz CT molecular complexity index is 506. The van der Waals surface area contributed by atoms with E-state index in [0.29, 0.717) is 17.3 Å². The van der Waals surface area contributed by atoms with Crippen molar-refractivity contribution in [2.45, 2.75) is 6.42 Å². The van der Waals surface area contributed by atoms with E-state index in [1.165, 1.54) is 14.2 Å².